The third kappa shape index (κ3) is 3.10. The number of pyridine rings is 1. The minimum Gasteiger partial charge on any atom is -0.497 e. The van der Waals surface area contributed by atoms with Crippen molar-refractivity contribution in [3.63, 3.8) is 0 Å². The highest BCUT2D eigenvalue weighted by atomic mass is 16.5. The van der Waals surface area contributed by atoms with Crippen LogP contribution in [-0.4, -0.2) is 30.1 Å². The van der Waals surface area contributed by atoms with Crippen molar-refractivity contribution < 1.29 is 19.1 Å². The van der Waals surface area contributed by atoms with E-state index >= 15 is 0 Å². The highest BCUT2D eigenvalue weighted by Gasteiger charge is 2.19. The quantitative estimate of drug-likeness (QED) is 0.862. The summed E-state index contributed by atoms with van der Waals surface area (Å²) in [6, 6.07) is 7.03. The minimum absolute atomic E-state index is 0.306. The number of primary amides is 1. The number of methoxy groups -OCH3 is 1. The summed E-state index contributed by atoms with van der Waals surface area (Å²) >= 11 is 0. The zero-order chi connectivity index (χ0) is 15.6. The van der Waals surface area contributed by atoms with Gasteiger partial charge in [0, 0.05) is 11.5 Å². The zero-order valence-corrected chi connectivity index (χ0v) is 12.0. The summed E-state index contributed by atoms with van der Waals surface area (Å²) in [6.07, 6.45) is -0.983. The molecule has 1 unspecified atom stereocenters. The van der Waals surface area contributed by atoms with Gasteiger partial charge in [0.2, 0.25) is 0 Å². The van der Waals surface area contributed by atoms with E-state index in [-0.39, 0.29) is 0 Å². The number of carbonyl (C=O) groups excluding carboxylic acids is 2. The van der Waals surface area contributed by atoms with Gasteiger partial charge in [-0.3, -0.25) is 9.78 Å². The molecular formula is C15H16N2O4. The number of nitrogens with zero attached hydrogens (tertiary/aromatic N) is 1. The van der Waals surface area contributed by atoms with Crippen LogP contribution >= 0.6 is 0 Å². The number of rotatable bonds is 4. The van der Waals surface area contributed by atoms with E-state index in [1.165, 1.54) is 6.92 Å². The molecule has 1 amide bonds. The Bertz CT molecular complexity index is 712. The number of benzene rings is 1. The Morgan fingerprint density at radius 1 is 1.29 bits per heavy atom. The summed E-state index contributed by atoms with van der Waals surface area (Å²) in [7, 11) is 1.57. The molecule has 110 valence electrons. The molecular weight excluding hydrogens is 272 g/mol. The van der Waals surface area contributed by atoms with Crippen LogP contribution in [0.5, 0.6) is 5.75 Å². The van der Waals surface area contributed by atoms with Crippen molar-refractivity contribution in [3.8, 4) is 5.75 Å². The van der Waals surface area contributed by atoms with E-state index in [9.17, 15) is 9.59 Å². The Labute approximate surface area is 121 Å². The number of esters is 1. The molecule has 1 heterocycles. The first-order valence-electron chi connectivity index (χ1n) is 6.38. The molecule has 21 heavy (non-hydrogen) atoms. The summed E-state index contributed by atoms with van der Waals surface area (Å²) in [4.78, 5) is 27.4. The molecule has 2 rings (SSSR count). The predicted octanol–water partition coefficient (Wildman–Crippen LogP) is 1.58. The number of hydrogen-bond donors (Lipinski definition) is 1. The molecule has 2 aromatic rings. The molecule has 6 heteroatoms. The van der Waals surface area contributed by atoms with Crippen molar-refractivity contribution in [1.82, 2.24) is 4.98 Å². The van der Waals surface area contributed by atoms with Crippen LogP contribution in [0.15, 0.2) is 24.3 Å². The Morgan fingerprint density at radius 3 is 2.62 bits per heavy atom. The van der Waals surface area contributed by atoms with E-state index in [1.54, 1.807) is 38.3 Å². The molecule has 1 aromatic carbocycles. The lowest BCUT2D eigenvalue weighted by Crippen LogP contribution is -2.30. The van der Waals surface area contributed by atoms with Crippen molar-refractivity contribution in [1.29, 1.82) is 0 Å². The first-order chi connectivity index (χ1) is 9.92. The number of ether oxygens (including phenoxy) is 2. The Kier molecular flexibility index (Phi) is 4.07. The van der Waals surface area contributed by atoms with Gasteiger partial charge in [-0.1, -0.05) is 0 Å². The van der Waals surface area contributed by atoms with Crippen LogP contribution in [0.25, 0.3) is 10.9 Å². The largest absolute Gasteiger partial charge is 0.497 e. The number of fused-ring (bicyclic) bond motifs is 1. The lowest BCUT2D eigenvalue weighted by atomic mass is 10.1. The van der Waals surface area contributed by atoms with Crippen LogP contribution in [0, 0.1) is 6.92 Å². The maximum Gasteiger partial charge on any atom is 0.340 e. The van der Waals surface area contributed by atoms with Crippen LogP contribution in [0.1, 0.15) is 23.0 Å². The Hall–Kier alpha value is -2.63. The normalized spacial score (nSPS) is 12.0. The maximum absolute atomic E-state index is 12.1. The monoisotopic (exact) mass is 288 g/mol. The van der Waals surface area contributed by atoms with E-state index in [1.807, 2.05) is 0 Å². The van der Waals surface area contributed by atoms with Gasteiger partial charge < -0.3 is 15.2 Å². The van der Waals surface area contributed by atoms with E-state index in [2.05, 4.69) is 4.98 Å². The van der Waals surface area contributed by atoms with Crippen molar-refractivity contribution in [2.24, 2.45) is 5.73 Å². The fourth-order valence-corrected chi connectivity index (χ4v) is 1.86. The fraction of sp³-hybridized carbons (Fsp3) is 0.267. The average molecular weight is 288 g/mol. The smallest absolute Gasteiger partial charge is 0.340 e. The Balaban J connectivity index is 2.38. The third-order valence-electron chi connectivity index (χ3n) is 3.12. The molecule has 0 spiro atoms. The summed E-state index contributed by atoms with van der Waals surface area (Å²) in [5.74, 6) is -0.629. The number of aryl methyl sites for hydroxylation is 1. The summed E-state index contributed by atoms with van der Waals surface area (Å²) in [5, 5.41) is 0.778. The van der Waals surface area contributed by atoms with E-state index in [4.69, 9.17) is 15.2 Å². The van der Waals surface area contributed by atoms with Gasteiger partial charge in [-0.15, -0.1) is 0 Å². The van der Waals surface area contributed by atoms with Gasteiger partial charge in [-0.05, 0) is 32.0 Å². The van der Waals surface area contributed by atoms with Gasteiger partial charge in [0.25, 0.3) is 5.91 Å². The second-order valence-corrected chi connectivity index (χ2v) is 4.63. The van der Waals surface area contributed by atoms with Crippen LogP contribution < -0.4 is 10.5 Å². The summed E-state index contributed by atoms with van der Waals surface area (Å²) in [5.41, 5.74) is 6.61. The van der Waals surface area contributed by atoms with Crippen LogP contribution in [0.3, 0.4) is 0 Å². The highest BCUT2D eigenvalue weighted by Crippen LogP contribution is 2.22. The molecule has 0 bridgehead atoms. The lowest BCUT2D eigenvalue weighted by Gasteiger charge is -2.11. The number of nitrogens with two attached hydrogens (primary N) is 1. The first-order valence-corrected chi connectivity index (χ1v) is 6.38. The third-order valence-corrected chi connectivity index (χ3v) is 3.12. The van der Waals surface area contributed by atoms with Gasteiger partial charge in [-0.25, -0.2) is 4.79 Å². The number of amides is 1. The number of carbonyl (C=O) groups is 2. The van der Waals surface area contributed by atoms with Gasteiger partial charge in [0.1, 0.15) is 5.75 Å². The molecule has 0 aliphatic heterocycles. The molecule has 0 radical (unpaired) electrons. The second kappa shape index (κ2) is 5.78. The molecule has 6 nitrogen and oxygen atoms in total. The average Bonchev–Trinajstić information content (AvgIpc) is 2.45. The number of aromatic nitrogens is 1. The highest BCUT2D eigenvalue weighted by molar-refractivity contribution is 5.96. The first kappa shape index (κ1) is 14.8. The zero-order valence-electron chi connectivity index (χ0n) is 12.0. The topological polar surface area (TPSA) is 91.5 Å². The summed E-state index contributed by atoms with van der Waals surface area (Å²) < 4.78 is 10.1. The van der Waals surface area contributed by atoms with Crippen molar-refractivity contribution in [2.45, 2.75) is 20.0 Å². The fourth-order valence-electron chi connectivity index (χ4n) is 1.86. The van der Waals surface area contributed by atoms with Crippen molar-refractivity contribution in [2.75, 3.05) is 7.11 Å². The molecule has 0 fully saturated rings. The predicted molar refractivity (Wildman–Crippen MR) is 77.1 cm³/mol. The lowest BCUT2D eigenvalue weighted by molar-refractivity contribution is -0.125. The van der Waals surface area contributed by atoms with E-state index < -0.39 is 18.0 Å². The van der Waals surface area contributed by atoms with Crippen LogP contribution in [0.2, 0.25) is 0 Å². The molecule has 1 aromatic heterocycles. The van der Waals surface area contributed by atoms with E-state index in [0.717, 1.165) is 5.39 Å². The molecule has 1 atom stereocenters. The standard InChI is InChI=1S/C15H16N2O4/c1-8-12(15(19)21-9(2)14(16)18)6-10-4-5-11(20-3)7-13(10)17-8/h4-7,9H,1-3H3,(H2,16,18). The van der Waals surface area contributed by atoms with Gasteiger partial charge >= 0.3 is 5.97 Å². The van der Waals surface area contributed by atoms with Gasteiger partial charge in [-0.2, -0.15) is 0 Å². The Morgan fingerprint density at radius 2 is 2.00 bits per heavy atom. The second-order valence-electron chi connectivity index (χ2n) is 4.63. The van der Waals surface area contributed by atoms with Crippen molar-refractivity contribution in [3.05, 3.63) is 35.5 Å². The molecule has 0 saturated carbocycles. The maximum atomic E-state index is 12.1. The van der Waals surface area contributed by atoms with Gasteiger partial charge in [0.15, 0.2) is 6.10 Å². The van der Waals surface area contributed by atoms with Crippen LogP contribution in [0.4, 0.5) is 0 Å². The molecule has 0 aliphatic carbocycles. The molecule has 0 saturated heterocycles. The van der Waals surface area contributed by atoms with Gasteiger partial charge in [0.05, 0.1) is 23.9 Å². The van der Waals surface area contributed by atoms with E-state index in [0.29, 0.717) is 22.5 Å². The molecule has 0 aliphatic rings. The minimum atomic E-state index is -0.983. The van der Waals surface area contributed by atoms with Crippen LogP contribution in [-0.2, 0) is 9.53 Å². The van der Waals surface area contributed by atoms with Crippen molar-refractivity contribution >= 4 is 22.8 Å². The SMILES string of the molecule is COc1ccc2cc(C(=O)OC(C)C(N)=O)c(C)nc2c1. The molecule has 2 N–H and O–H groups in total. The number of hydrogen-bond acceptors (Lipinski definition) is 5. The summed E-state index contributed by atoms with van der Waals surface area (Å²) in [6.45, 7) is 3.12.